The minimum Gasteiger partial charge on any atom is -0.310 e. The van der Waals surface area contributed by atoms with E-state index in [4.69, 9.17) is 10.7 Å². The van der Waals surface area contributed by atoms with Crippen LogP contribution in [0.4, 0.5) is 0 Å². The Kier molecular flexibility index (Phi) is 4.82. The molecule has 1 heterocycles. The lowest BCUT2D eigenvalue weighted by Gasteiger charge is -2.06. The van der Waals surface area contributed by atoms with Gasteiger partial charge in [0.15, 0.2) is 0 Å². The maximum absolute atomic E-state index is 8.99. The van der Waals surface area contributed by atoms with Crippen molar-refractivity contribution in [3.8, 4) is 6.07 Å². The standard InChI is InChI=1S/C24H22N4/c1-18-6-8-19(9-7-18)14-15-27-22-4-2-3-5-23(22)28(24(27)26)17-21-12-10-20(16-25)11-13-21/h2-13,26H,14-15,17H2,1H3. The van der Waals surface area contributed by atoms with E-state index in [9.17, 15) is 0 Å². The fourth-order valence-electron chi connectivity index (χ4n) is 3.54. The van der Waals surface area contributed by atoms with Crippen molar-refractivity contribution in [1.82, 2.24) is 9.13 Å². The molecule has 0 atom stereocenters. The van der Waals surface area contributed by atoms with Crippen LogP contribution in [0.5, 0.6) is 0 Å². The number of imidazole rings is 1. The smallest absolute Gasteiger partial charge is 0.203 e. The van der Waals surface area contributed by atoms with Gasteiger partial charge >= 0.3 is 0 Å². The first-order valence-corrected chi connectivity index (χ1v) is 9.43. The van der Waals surface area contributed by atoms with Crippen LogP contribution < -0.4 is 5.62 Å². The highest BCUT2D eigenvalue weighted by atomic mass is 15.2. The van der Waals surface area contributed by atoms with E-state index < -0.39 is 0 Å². The number of para-hydroxylation sites is 2. The van der Waals surface area contributed by atoms with Gasteiger partial charge < -0.3 is 9.13 Å². The Labute approximate surface area is 164 Å². The predicted molar refractivity (Wildman–Crippen MR) is 111 cm³/mol. The average Bonchev–Trinajstić information content (AvgIpc) is 2.99. The van der Waals surface area contributed by atoms with E-state index in [1.54, 1.807) is 0 Å². The van der Waals surface area contributed by atoms with Gasteiger partial charge in [0.05, 0.1) is 29.2 Å². The number of nitrogens with one attached hydrogen (secondary N) is 1. The van der Waals surface area contributed by atoms with Crippen molar-refractivity contribution in [2.24, 2.45) is 0 Å². The summed E-state index contributed by atoms with van der Waals surface area (Å²) in [4.78, 5) is 0. The Morgan fingerprint density at radius 3 is 2.07 bits per heavy atom. The first-order chi connectivity index (χ1) is 13.7. The van der Waals surface area contributed by atoms with Gasteiger partial charge in [0.2, 0.25) is 5.62 Å². The number of hydrogen-bond acceptors (Lipinski definition) is 2. The highest BCUT2D eigenvalue weighted by Crippen LogP contribution is 2.16. The SMILES string of the molecule is Cc1ccc(CCn2c(=N)n(Cc3ccc(C#N)cc3)c3ccccc32)cc1. The van der Waals surface area contributed by atoms with E-state index in [-0.39, 0.29) is 0 Å². The van der Waals surface area contributed by atoms with Gasteiger partial charge in [-0.1, -0.05) is 54.1 Å². The summed E-state index contributed by atoms with van der Waals surface area (Å²) in [5, 5.41) is 17.8. The molecule has 1 N–H and O–H groups in total. The summed E-state index contributed by atoms with van der Waals surface area (Å²) in [6, 6.07) is 26.5. The molecule has 4 aromatic rings. The van der Waals surface area contributed by atoms with Crippen molar-refractivity contribution < 1.29 is 0 Å². The van der Waals surface area contributed by atoms with Crippen molar-refractivity contribution in [3.05, 3.63) is 101 Å². The molecule has 3 aromatic carbocycles. The monoisotopic (exact) mass is 366 g/mol. The molecule has 0 spiro atoms. The van der Waals surface area contributed by atoms with Gasteiger partial charge in [0.1, 0.15) is 0 Å². The lowest BCUT2D eigenvalue weighted by molar-refractivity contribution is 0.621. The van der Waals surface area contributed by atoms with Gasteiger partial charge in [-0.25, -0.2) is 0 Å². The summed E-state index contributed by atoms with van der Waals surface area (Å²) in [5.41, 5.74) is 6.91. The van der Waals surface area contributed by atoms with Gasteiger partial charge in [0, 0.05) is 6.54 Å². The van der Waals surface area contributed by atoms with Crippen LogP contribution >= 0.6 is 0 Å². The highest BCUT2D eigenvalue weighted by molar-refractivity contribution is 5.76. The molecule has 0 amide bonds. The van der Waals surface area contributed by atoms with Crippen LogP contribution in [0, 0.1) is 23.7 Å². The molecule has 0 saturated carbocycles. The fraction of sp³-hybridized carbons (Fsp3) is 0.167. The normalized spacial score (nSPS) is 10.9. The minimum atomic E-state index is 0.498. The maximum atomic E-state index is 8.99. The predicted octanol–water partition coefficient (Wildman–Crippen LogP) is 4.39. The number of hydrogen-bond donors (Lipinski definition) is 1. The molecule has 0 aliphatic rings. The van der Waals surface area contributed by atoms with Crippen molar-refractivity contribution >= 4 is 11.0 Å². The number of aryl methyl sites for hydroxylation is 3. The van der Waals surface area contributed by atoms with Crippen LogP contribution in [0.3, 0.4) is 0 Å². The molecule has 138 valence electrons. The third-order valence-corrected chi connectivity index (χ3v) is 5.14. The molecule has 4 heteroatoms. The van der Waals surface area contributed by atoms with Crippen LogP contribution in [0.1, 0.15) is 22.3 Å². The number of aromatic nitrogens is 2. The van der Waals surface area contributed by atoms with Gasteiger partial charge in [-0.2, -0.15) is 5.26 Å². The topological polar surface area (TPSA) is 57.5 Å². The van der Waals surface area contributed by atoms with Gasteiger partial charge in [-0.05, 0) is 48.7 Å². The zero-order valence-corrected chi connectivity index (χ0v) is 15.9. The Morgan fingerprint density at radius 2 is 1.43 bits per heavy atom. The second-order valence-electron chi connectivity index (χ2n) is 7.09. The molecule has 0 bridgehead atoms. The molecule has 28 heavy (non-hydrogen) atoms. The summed E-state index contributed by atoms with van der Waals surface area (Å²) in [5.74, 6) is 0. The average molecular weight is 366 g/mol. The minimum absolute atomic E-state index is 0.498. The van der Waals surface area contributed by atoms with Crippen molar-refractivity contribution in [2.75, 3.05) is 0 Å². The second-order valence-corrected chi connectivity index (χ2v) is 7.09. The molecule has 0 fully saturated rings. The number of nitriles is 1. The number of rotatable bonds is 5. The Balaban J connectivity index is 1.67. The highest BCUT2D eigenvalue weighted by Gasteiger charge is 2.11. The zero-order valence-electron chi connectivity index (χ0n) is 15.9. The molecule has 0 aliphatic heterocycles. The number of nitrogens with zero attached hydrogens (tertiary/aromatic N) is 3. The van der Waals surface area contributed by atoms with E-state index in [0.717, 1.165) is 29.6 Å². The zero-order chi connectivity index (χ0) is 19.5. The number of benzene rings is 3. The summed E-state index contributed by atoms with van der Waals surface area (Å²) in [6.45, 7) is 3.47. The van der Waals surface area contributed by atoms with Crippen LogP contribution in [0.2, 0.25) is 0 Å². The Bertz CT molecular complexity index is 1200. The summed E-state index contributed by atoms with van der Waals surface area (Å²) >= 11 is 0. The lowest BCUT2D eigenvalue weighted by Crippen LogP contribution is -2.25. The summed E-state index contributed by atoms with van der Waals surface area (Å²) < 4.78 is 4.12. The molecule has 0 radical (unpaired) electrons. The van der Waals surface area contributed by atoms with Crippen molar-refractivity contribution in [3.63, 3.8) is 0 Å². The molecule has 0 aliphatic carbocycles. The van der Waals surface area contributed by atoms with E-state index in [1.807, 2.05) is 41.0 Å². The molecule has 1 aromatic heterocycles. The van der Waals surface area contributed by atoms with E-state index >= 15 is 0 Å². The van der Waals surface area contributed by atoms with Crippen LogP contribution in [0.25, 0.3) is 11.0 Å². The van der Waals surface area contributed by atoms with Crippen LogP contribution in [0.15, 0.2) is 72.8 Å². The van der Waals surface area contributed by atoms with Gasteiger partial charge in [0.25, 0.3) is 0 Å². The molecular weight excluding hydrogens is 344 g/mol. The molecular formula is C24H22N4. The first kappa shape index (κ1) is 17.8. The summed E-state index contributed by atoms with van der Waals surface area (Å²) in [6.07, 6.45) is 0.891. The molecule has 4 rings (SSSR count). The third kappa shape index (κ3) is 3.47. The van der Waals surface area contributed by atoms with E-state index in [2.05, 4.69) is 54.0 Å². The Morgan fingerprint density at radius 1 is 0.821 bits per heavy atom. The van der Waals surface area contributed by atoms with Gasteiger partial charge in [-0.15, -0.1) is 0 Å². The van der Waals surface area contributed by atoms with Crippen molar-refractivity contribution in [2.45, 2.75) is 26.4 Å². The quantitative estimate of drug-likeness (QED) is 0.559. The molecule has 0 unspecified atom stereocenters. The Hall–Kier alpha value is -3.58. The third-order valence-electron chi connectivity index (χ3n) is 5.14. The van der Waals surface area contributed by atoms with E-state index in [1.165, 1.54) is 11.1 Å². The maximum Gasteiger partial charge on any atom is 0.203 e. The number of fused-ring (bicyclic) bond motifs is 1. The van der Waals surface area contributed by atoms with E-state index in [0.29, 0.717) is 17.7 Å². The van der Waals surface area contributed by atoms with Crippen LogP contribution in [-0.4, -0.2) is 9.13 Å². The first-order valence-electron chi connectivity index (χ1n) is 9.43. The molecule has 0 saturated heterocycles. The van der Waals surface area contributed by atoms with Crippen LogP contribution in [-0.2, 0) is 19.5 Å². The largest absolute Gasteiger partial charge is 0.310 e. The lowest BCUT2D eigenvalue weighted by atomic mass is 10.1. The van der Waals surface area contributed by atoms with Gasteiger partial charge in [-0.3, -0.25) is 5.41 Å². The summed E-state index contributed by atoms with van der Waals surface area (Å²) in [7, 11) is 0. The fourth-order valence-corrected chi connectivity index (χ4v) is 3.54. The van der Waals surface area contributed by atoms with Crippen molar-refractivity contribution in [1.29, 1.82) is 10.7 Å². The second kappa shape index (κ2) is 7.58. The molecule has 4 nitrogen and oxygen atoms in total.